The number of imidazole rings is 1. The maximum atomic E-state index is 5.62. The Kier molecular flexibility index (Phi) is 2.77. The summed E-state index contributed by atoms with van der Waals surface area (Å²) < 4.78 is 7.59. The summed E-state index contributed by atoms with van der Waals surface area (Å²) in [5.41, 5.74) is 2.66. The molecule has 1 aromatic rings. The molecule has 1 atom stereocenters. The highest BCUT2D eigenvalue weighted by Crippen LogP contribution is 2.43. The minimum absolute atomic E-state index is 0.0313. The predicted molar refractivity (Wildman–Crippen MR) is 56.9 cm³/mol. The molecule has 5 heteroatoms. The third kappa shape index (κ3) is 1.56. The molecule has 1 aliphatic rings. The molecular formula is C10H18N4O. The Morgan fingerprint density at radius 2 is 2.40 bits per heavy atom. The van der Waals surface area contributed by atoms with Gasteiger partial charge in [0.05, 0.1) is 5.60 Å². The number of nitrogens with two attached hydrogens (primary N) is 1. The summed E-state index contributed by atoms with van der Waals surface area (Å²) in [6.07, 6.45) is 6.95. The molecule has 1 aliphatic carbocycles. The molecule has 1 saturated carbocycles. The molecule has 1 heterocycles. The molecule has 3 N–H and O–H groups in total. The SMILES string of the molecule is COC1(C(NN)c2nccn2C)CCC1. The van der Waals surface area contributed by atoms with Gasteiger partial charge in [0.1, 0.15) is 11.9 Å². The first-order chi connectivity index (χ1) is 7.23. The van der Waals surface area contributed by atoms with E-state index in [0.29, 0.717) is 0 Å². The van der Waals surface area contributed by atoms with Crippen molar-refractivity contribution in [2.75, 3.05) is 7.11 Å². The monoisotopic (exact) mass is 210 g/mol. The molecule has 0 bridgehead atoms. The Bertz CT molecular complexity index is 326. The van der Waals surface area contributed by atoms with E-state index in [1.165, 1.54) is 6.42 Å². The van der Waals surface area contributed by atoms with Crippen molar-refractivity contribution >= 4 is 0 Å². The number of methoxy groups -OCH3 is 1. The van der Waals surface area contributed by atoms with Crippen LogP contribution in [0.5, 0.6) is 0 Å². The standard InChI is InChI=1S/C10H18N4O/c1-14-7-6-12-9(14)8(13-11)10(15-2)4-3-5-10/h6-8,13H,3-5,11H2,1-2H3. The minimum Gasteiger partial charge on any atom is -0.376 e. The van der Waals surface area contributed by atoms with Gasteiger partial charge in [-0.05, 0) is 19.3 Å². The molecule has 0 saturated heterocycles. The third-order valence-electron chi connectivity index (χ3n) is 3.42. The van der Waals surface area contributed by atoms with Crippen LogP contribution in [-0.2, 0) is 11.8 Å². The van der Waals surface area contributed by atoms with Crippen molar-refractivity contribution in [1.82, 2.24) is 15.0 Å². The summed E-state index contributed by atoms with van der Waals surface area (Å²) in [5.74, 6) is 6.55. The number of hydrogen-bond acceptors (Lipinski definition) is 4. The largest absolute Gasteiger partial charge is 0.376 e. The van der Waals surface area contributed by atoms with E-state index < -0.39 is 0 Å². The van der Waals surface area contributed by atoms with Gasteiger partial charge in [-0.1, -0.05) is 0 Å². The van der Waals surface area contributed by atoms with Gasteiger partial charge in [0.2, 0.25) is 0 Å². The molecule has 1 fully saturated rings. The van der Waals surface area contributed by atoms with E-state index in [4.69, 9.17) is 10.6 Å². The lowest BCUT2D eigenvalue weighted by molar-refractivity contribution is -0.102. The molecule has 0 aliphatic heterocycles. The highest BCUT2D eigenvalue weighted by Gasteiger charge is 2.46. The van der Waals surface area contributed by atoms with E-state index >= 15 is 0 Å². The molecule has 15 heavy (non-hydrogen) atoms. The number of rotatable bonds is 4. The quantitative estimate of drug-likeness (QED) is 0.561. The first kappa shape index (κ1) is 10.6. The number of nitrogens with zero attached hydrogens (tertiary/aromatic N) is 2. The molecule has 84 valence electrons. The number of hydrazine groups is 1. The van der Waals surface area contributed by atoms with Crippen LogP contribution < -0.4 is 11.3 Å². The first-order valence-electron chi connectivity index (χ1n) is 5.22. The van der Waals surface area contributed by atoms with E-state index in [-0.39, 0.29) is 11.6 Å². The zero-order valence-electron chi connectivity index (χ0n) is 9.23. The van der Waals surface area contributed by atoms with Crippen molar-refractivity contribution in [3.8, 4) is 0 Å². The Morgan fingerprint density at radius 3 is 2.73 bits per heavy atom. The lowest BCUT2D eigenvalue weighted by Crippen LogP contribution is -2.53. The van der Waals surface area contributed by atoms with Crippen LogP contribution in [0, 0.1) is 0 Å². The second-order valence-electron chi connectivity index (χ2n) is 4.12. The highest BCUT2D eigenvalue weighted by molar-refractivity contribution is 5.10. The van der Waals surface area contributed by atoms with Crippen molar-refractivity contribution in [3.63, 3.8) is 0 Å². The summed E-state index contributed by atoms with van der Waals surface area (Å²) >= 11 is 0. The summed E-state index contributed by atoms with van der Waals surface area (Å²) in [5, 5.41) is 0. The van der Waals surface area contributed by atoms with Gasteiger partial charge in [0.25, 0.3) is 0 Å². The molecule has 0 aromatic carbocycles. The lowest BCUT2D eigenvalue weighted by atomic mass is 9.74. The molecule has 0 radical (unpaired) electrons. The van der Waals surface area contributed by atoms with E-state index in [2.05, 4.69) is 10.4 Å². The smallest absolute Gasteiger partial charge is 0.129 e. The Morgan fingerprint density at radius 1 is 1.67 bits per heavy atom. The van der Waals surface area contributed by atoms with Crippen LogP contribution in [0.2, 0.25) is 0 Å². The number of ether oxygens (including phenoxy) is 1. The second kappa shape index (κ2) is 3.92. The average Bonchev–Trinajstić information content (AvgIpc) is 2.58. The molecule has 0 spiro atoms. The zero-order chi connectivity index (χ0) is 10.9. The van der Waals surface area contributed by atoms with E-state index in [1.807, 2.05) is 17.8 Å². The van der Waals surface area contributed by atoms with Crippen molar-refractivity contribution < 1.29 is 4.74 Å². The molecule has 1 unspecified atom stereocenters. The van der Waals surface area contributed by atoms with Gasteiger partial charge >= 0.3 is 0 Å². The minimum atomic E-state index is -0.173. The molecule has 1 aromatic heterocycles. The summed E-state index contributed by atoms with van der Waals surface area (Å²) in [7, 11) is 3.71. The van der Waals surface area contributed by atoms with Crippen molar-refractivity contribution in [2.45, 2.75) is 30.9 Å². The van der Waals surface area contributed by atoms with Crippen molar-refractivity contribution in [3.05, 3.63) is 18.2 Å². The molecule has 2 rings (SSSR count). The fraction of sp³-hybridized carbons (Fsp3) is 0.700. The van der Waals surface area contributed by atoms with E-state index in [0.717, 1.165) is 18.7 Å². The zero-order valence-corrected chi connectivity index (χ0v) is 9.23. The predicted octanol–water partition coefficient (Wildman–Crippen LogP) is 0.494. The molecule has 5 nitrogen and oxygen atoms in total. The number of aromatic nitrogens is 2. The van der Waals surface area contributed by atoms with Crippen LogP contribution >= 0.6 is 0 Å². The van der Waals surface area contributed by atoms with Crippen LogP contribution in [0.25, 0.3) is 0 Å². The van der Waals surface area contributed by atoms with Gasteiger partial charge in [-0.2, -0.15) is 0 Å². The summed E-state index contributed by atoms with van der Waals surface area (Å²) in [4.78, 5) is 4.32. The van der Waals surface area contributed by atoms with Crippen LogP contribution in [0.4, 0.5) is 0 Å². The fourth-order valence-corrected chi connectivity index (χ4v) is 2.25. The Labute approximate surface area is 89.6 Å². The summed E-state index contributed by atoms with van der Waals surface area (Å²) in [6.45, 7) is 0. The van der Waals surface area contributed by atoms with Gasteiger partial charge in [-0.3, -0.25) is 5.84 Å². The topological polar surface area (TPSA) is 65.1 Å². The number of nitrogens with one attached hydrogen (secondary N) is 1. The normalized spacial score (nSPS) is 21.0. The van der Waals surface area contributed by atoms with Crippen LogP contribution in [0.15, 0.2) is 12.4 Å². The van der Waals surface area contributed by atoms with Gasteiger partial charge < -0.3 is 9.30 Å². The maximum absolute atomic E-state index is 5.62. The van der Waals surface area contributed by atoms with E-state index in [9.17, 15) is 0 Å². The Balaban J connectivity index is 2.27. The van der Waals surface area contributed by atoms with Crippen molar-refractivity contribution in [2.24, 2.45) is 12.9 Å². The maximum Gasteiger partial charge on any atom is 0.129 e. The molecule has 0 amide bonds. The Hall–Kier alpha value is -0.910. The average molecular weight is 210 g/mol. The van der Waals surface area contributed by atoms with Gasteiger partial charge in [0.15, 0.2) is 0 Å². The number of aryl methyl sites for hydroxylation is 1. The van der Waals surface area contributed by atoms with Crippen molar-refractivity contribution in [1.29, 1.82) is 0 Å². The third-order valence-corrected chi connectivity index (χ3v) is 3.42. The highest BCUT2D eigenvalue weighted by atomic mass is 16.5. The number of hydrogen-bond donors (Lipinski definition) is 2. The van der Waals surface area contributed by atoms with Gasteiger partial charge in [-0.25, -0.2) is 10.4 Å². The molecular weight excluding hydrogens is 192 g/mol. The second-order valence-corrected chi connectivity index (χ2v) is 4.12. The van der Waals surface area contributed by atoms with Crippen LogP contribution in [-0.4, -0.2) is 22.3 Å². The van der Waals surface area contributed by atoms with Gasteiger partial charge in [0, 0.05) is 26.6 Å². The summed E-state index contributed by atoms with van der Waals surface area (Å²) in [6, 6.07) is -0.0313. The van der Waals surface area contributed by atoms with Crippen LogP contribution in [0.1, 0.15) is 31.1 Å². The van der Waals surface area contributed by atoms with Crippen LogP contribution in [0.3, 0.4) is 0 Å². The first-order valence-corrected chi connectivity index (χ1v) is 5.22. The fourth-order valence-electron chi connectivity index (χ4n) is 2.25. The van der Waals surface area contributed by atoms with E-state index in [1.54, 1.807) is 13.3 Å². The lowest BCUT2D eigenvalue weighted by Gasteiger charge is -2.45. The van der Waals surface area contributed by atoms with Gasteiger partial charge in [-0.15, -0.1) is 0 Å².